The Morgan fingerprint density at radius 2 is 1.15 bits per heavy atom. The molecule has 2 aromatic rings. The first-order chi connectivity index (χ1) is 12.8. The van der Waals surface area contributed by atoms with Crippen LogP contribution in [0.5, 0.6) is 23.0 Å². The highest BCUT2D eigenvalue weighted by Gasteiger charge is 2.44. The maximum Gasteiger partial charge on any atom is 0.229 e. The van der Waals surface area contributed by atoms with Gasteiger partial charge < -0.3 is 45.2 Å². The summed E-state index contributed by atoms with van der Waals surface area (Å²) in [5.74, 6) is 0.703. The second-order valence-electron chi connectivity index (χ2n) is 5.83. The molecule has 9 heteroatoms. The van der Waals surface area contributed by atoms with E-state index >= 15 is 0 Å². The number of phenols is 3. The third kappa shape index (κ3) is 5.71. The normalized spacial score (nSPS) is 27.3. The number of aromatic hydroxyl groups is 3. The zero-order chi connectivity index (χ0) is 20.0. The fourth-order valence-electron chi connectivity index (χ4n) is 2.28. The summed E-state index contributed by atoms with van der Waals surface area (Å²) in [4.78, 5) is 0. The lowest BCUT2D eigenvalue weighted by molar-refractivity contribution is -0.277. The Morgan fingerprint density at radius 1 is 0.704 bits per heavy atom. The van der Waals surface area contributed by atoms with Crippen molar-refractivity contribution >= 4 is 0 Å². The molecule has 148 valence electrons. The largest absolute Gasteiger partial charge is 0.508 e. The average molecular weight is 382 g/mol. The van der Waals surface area contributed by atoms with Crippen LogP contribution in [-0.2, 0) is 4.74 Å². The summed E-state index contributed by atoms with van der Waals surface area (Å²) in [5, 5.41) is 64.4. The van der Waals surface area contributed by atoms with Gasteiger partial charge in [-0.2, -0.15) is 0 Å². The summed E-state index contributed by atoms with van der Waals surface area (Å²) < 4.78 is 10.5. The Labute approximate surface area is 154 Å². The first-order valence-electron chi connectivity index (χ1n) is 8.06. The van der Waals surface area contributed by atoms with Crippen LogP contribution in [-0.4, -0.2) is 73.1 Å². The van der Waals surface area contributed by atoms with Crippen LogP contribution in [0.15, 0.2) is 48.5 Å². The van der Waals surface area contributed by atoms with Gasteiger partial charge in [0.25, 0.3) is 0 Å². The molecule has 7 N–H and O–H groups in total. The molecule has 0 amide bonds. The molecule has 1 heterocycles. The minimum Gasteiger partial charge on any atom is -0.508 e. The van der Waals surface area contributed by atoms with Crippen molar-refractivity contribution in [1.82, 2.24) is 0 Å². The van der Waals surface area contributed by atoms with Crippen LogP contribution in [0.4, 0.5) is 0 Å². The standard InChI is InChI=1S/C12H16O7.C6H6O2/c13-5-8-9(15)10(16)11(17)12(19-8)18-7-3-1-6(14)2-4-7;7-5-1-2-6(8)4-3-5/h1-4,8-17H,5H2;1-4,7-8H/t8-,9-,10+,11-,12-;/m1./s1. The Morgan fingerprint density at radius 3 is 1.59 bits per heavy atom. The predicted octanol–water partition coefficient (Wildman–Crippen LogP) is -0.331. The van der Waals surface area contributed by atoms with E-state index in [2.05, 4.69) is 0 Å². The molecule has 27 heavy (non-hydrogen) atoms. The van der Waals surface area contributed by atoms with E-state index < -0.39 is 37.3 Å². The third-order valence-corrected chi connectivity index (χ3v) is 3.79. The van der Waals surface area contributed by atoms with Crippen LogP contribution >= 0.6 is 0 Å². The highest BCUT2D eigenvalue weighted by atomic mass is 16.7. The van der Waals surface area contributed by atoms with E-state index in [9.17, 15) is 15.3 Å². The highest BCUT2D eigenvalue weighted by Crippen LogP contribution is 2.25. The second-order valence-corrected chi connectivity index (χ2v) is 5.83. The molecule has 5 atom stereocenters. The molecule has 0 radical (unpaired) electrons. The third-order valence-electron chi connectivity index (χ3n) is 3.79. The van der Waals surface area contributed by atoms with E-state index in [0.29, 0.717) is 5.75 Å². The van der Waals surface area contributed by atoms with E-state index in [1.54, 1.807) is 0 Å². The van der Waals surface area contributed by atoms with Gasteiger partial charge in [0, 0.05) is 0 Å². The van der Waals surface area contributed by atoms with Gasteiger partial charge in [0.05, 0.1) is 6.61 Å². The quantitative estimate of drug-likeness (QED) is 0.353. The number of aliphatic hydroxyl groups excluding tert-OH is 4. The highest BCUT2D eigenvalue weighted by molar-refractivity contribution is 5.30. The van der Waals surface area contributed by atoms with Crippen LogP contribution in [0.1, 0.15) is 0 Å². The van der Waals surface area contributed by atoms with Gasteiger partial charge in [-0.15, -0.1) is 0 Å². The van der Waals surface area contributed by atoms with E-state index in [1.807, 2.05) is 0 Å². The van der Waals surface area contributed by atoms with Crippen molar-refractivity contribution < 1.29 is 45.2 Å². The van der Waals surface area contributed by atoms with Gasteiger partial charge in [0.2, 0.25) is 6.29 Å². The monoisotopic (exact) mass is 382 g/mol. The predicted molar refractivity (Wildman–Crippen MR) is 92.3 cm³/mol. The lowest BCUT2D eigenvalue weighted by Crippen LogP contribution is -2.60. The van der Waals surface area contributed by atoms with Crippen molar-refractivity contribution in [2.24, 2.45) is 0 Å². The van der Waals surface area contributed by atoms with Crippen LogP contribution in [0.2, 0.25) is 0 Å². The van der Waals surface area contributed by atoms with Crippen LogP contribution in [0.25, 0.3) is 0 Å². The smallest absolute Gasteiger partial charge is 0.229 e. The molecular weight excluding hydrogens is 360 g/mol. The fraction of sp³-hybridized carbons (Fsp3) is 0.333. The van der Waals surface area contributed by atoms with E-state index in [-0.39, 0.29) is 17.2 Å². The Balaban J connectivity index is 0.000000273. The first kappa shape index (κ1) is 20.7. The molecule has 3 rings (SSSR count). The van der Waals surface area contributed by atoms with Gasteiger partial charge >= 0.3 is 0 Å². The Hall–Kier alpha value is -2.56. The van der Waals surface area contributed by atoms with E-state index in [1.165, 1.54) is 48.5 Å². The van der Waals surface area contributed by atoms with Gasteiger partial charge in [0.15, 0.2) is 0 Å². The summed E-state index contributed by atoms with van der Waals surface area (Å²) in [6, 6.07) is 11.4. The minimum absolute atomic E-state index is 0.0566. The van der Waals surface area contributed by atoms with Gasteiger partial charge in [-0.1, -0.05) is 0 Å². The number of ether oxygens (including phenoxy) is 2. The number of phenolic OH excluding ortho intramolecular Hbond substituents is 3. The fourth-order valence-corrected chi connectivity index (χ4v) is 2.28. The molecule has 0 aromatic heterocycles. The molecule has 0 aliphatic carbocycles. The van der Waals surface area contributed by atoms with Crippen molar-refractivity contribution in [2.45, 2.75) is 30.7 Å². The Kier molecular flexibility index (Phi) is 7.22. The molecular formula is C18H22O9. The number of benzene rings is 2. The molecule has 1 aliphatic rings. The molecule has 0 saturated carbocycles. The number of aliphatic hydroxyl groups is 4. The molecule has 9 nitrogen and oxygen atoms in total. The zero-order valence-electron chi connectivity index (χ0n) is 14.2. The maximum absolute atomic E-state index is 9.75. The lowest BCUT2D eigenvalue weighted by atomic mass is 9.99. The SMILES string of the molecule is OC[C@H]1O[C@@H](Oc2ccc(O)cc2)[C@H](O)[C@@H](O)[C@@H]1O.Oc1ccc(O)cc1. The van der Waals surface area contributed by atoms with Crippen LogP contribution in [0, 0.1) is 0 Å². The summed E-state index contributed by atoms with van der Waals surface area (Å²) in [5.41, 5.74) is 0. The molecule has 1 saturated heterocycles. The maximum atomic E-state index is 9.75. The van der Waals surface area contributed by atoms with Gasteiger partial charge in [0.1, 0.15) is 47.4 Å². The van der Waals surface area contributed by atoms with Crippen molar-refractivity contribution in [3.63, 3.8) is 0 Å². The molecule has 1 aliphatic heterocycles. The van der Waals surface area contributed by atoms with E-state index in [0.717, 1.165) is 0 Å². The average Bonchev–Trinajstić information content (AvgIpc) is 2.67. The van der Waals surface area contributed by atoms with Crippen molar-refractivity contribution in [3.05, 3.63) is 48.5 Å². The molecule has 1 fully saturated rings. The minimum atomic E-state index is -1.48. The van der Waals surface area contributed by atoms with Crippen molar-refractivity contribution in [3.8, 4) is 23.0 Å². The van der Waals surface area contributed by atoms with Crippen LogP contribution in [0.3, 0.4) is 0 Å². The topological polar surface area (TPSA) is 160 Å². The molecule has 0 spiro atoms. The molecule has 0 bridgehead atoms. The summed E-state index contributed by atoms with van der Waals surface area (Å²) in [6.07, 6.45) is -6.58. The molecule has 0 unspecified atom stereocenters. The summed E-state index contributed by atoms with van der Waals surface area (Å²) in [7, 11) is 0. The van der Waals surface area contributed by atoms with Gasteiger partial charge in [-0.3, -0.25) is 0 Å². The van der Waals surface area contributed by atoms with Gasteiger partial charge in [-0.25, -0.2) is 0 Å². The number of rotatable bonds is 3. The van der Waals surface area contributed by atoms with Gasteiger partial charge in [-0.05, 0) is 48.5 Å². The number of hydrogen-bond donors (Lipinski definition) is 7. The first-order valence-corrected chi connectivity index (χ1v) is 8.06. The molecule has 2 aromatic carbocycles. The Bertz CT molecular complexity index is 666. The van der Waals surface area contributed by atoms with Crippen molar-refractivity contribution in [1.29, 1.82) is 0 Å². The van der Waals surface area contributed by atoms with Crippen LogP contribution < -0.4 is 4.74 Å². The number of hydrogen-bond acceptors (Lipinski definition) is 9. The summed E-state index contributed by atoms with van der Waals surface area (Å²) in [6.45, 7) is -0.514. The lowest BCUT2D eigenvalue weighted by Gasteiger charge is -2.39. The van der Waals surface area contributed by atoms with Crippen molar-refractivity contribution in [2.75, 3.05) is 6.61 Å². The zero-order valence-corrected chi connectivity index (χ0v) is 14.2. The van der Waals surface area contributed by atoms with E-state index in [4.69, 9.17) is 29.9 Å². The second kappa shape index (κ2) is 9.40. The summed E-state index contributed by atoms with van der Waals surface area (Å²) >= 11 is 0.